The van der Waals surface area contributed by atoms with Gasteiger partial charge in [0.25, 0.3) is 5.91 Å². The highest BCUT2D eigenvalue weighted by molar-refractivity contribution is 7.07. The summed E-state index contributed by atoms with van der Waals surface area (Å²) in [4.78, 5) is 47.3. The van der Waals surface area contributed by atoms with E-state index in [1.54, 1.807) is 18.5 Å². The number of hydrogen-bond donors (Lipinski definition) is 1. The molecule has 10 heteroatoms. The highest BCUT2D eigenvalue weighted by Gasteiger charge is 2.57. The minimum absolute atomic E-state index is 0.00847. The lowest BCUT2D eigenvalue weighted by molar-refractivity contribution is -0.136. The molecule has 2 fully saturated rings. The van der Waals surface area contributed by atoms with E-state index in [0.717, 1.165) is 16.8 Å². The molecular weight excluding hydrogens is 466 g/mol. The number of nitrogens with one attached hydrogen (secondary N) is 1. The average Bonchev–Trinajstić information content (AvgIpc) is 3.57. The lowest BCUT2D eigenvalue weighted by Gasteiger charge is -2.41. The van der Waals surface area contributed by atoms with Crippen molar-refractivity contribution in [1.29, 1.82) is 0 Å². The monoisotopic (exact) mass is 493 g/mol. The number of likely N-dealkylation sites (tertiary alicyclic amines) is 1. The van der Waals surface area contributed by atoms with Crippen molar-refractivity contribution in [2.24, 2.45) is 5.92 Å². The van der Waals surface area contributed by atoms with E-state index in [1.807, 2.05) is 41.6 Å². The number of rotatable bonds is 6. The van der Waals surface area contributed by atoms with Crippen molar-refractivity contribution in [3.05, 3.63) is 69.5 Å². The van der Waals surface area contributed by atoms with Crippen LogP contribution < -0.4 is 5.32 Å². The number of aromatic nitrogens is 2. The molecule has 1 unspecified atom stereocenters. The van der Waals surface area contributed by atoms with E-state index in [0.29, 0.717) is 37.3 Å². The Bertz CT molecular complexity index is 1210. The van der Waals surface area contributed by atoms with E-state index in [9.17, 15) is 14.4 Å². The molecule has 1 atom stereocenters. The SMILES string of the molecule is Cc1noc(C)c1CC(=O)N1CCC(C2(c3cccnc3)NC(=O)N(Cc3ccsc3)C2=O)CC1. The number of aryl methyl sites for hydroxylation is 2. The molecule has 0 saturated carbocycles. The first-order valence-electron chi connectivity index (χ1n) is 11.7. The lowest BCUT2D eigenvalue weighted by atomic mass is 9.73. The van der Waals surface area contributed by atoms with Gasteiger partial charge in [-0.25, -0.2) is 4.79 Å². The highest BCUT2D eigenvalue weighted by Crippen LogP contribution is 2.41. The van der Waals surface area contributed by atoms with Crippen LogP contribution in [0.5, 0.6) is 0 Å². The number of pyridine rings is 1. The number of imide groups is 1. The molecule has 182 valence electrons. The van der Waals surface area contributed by atoms with Crippen molar-refractivity contribution in [2.75, 3.05) is 13.1 Å². The van der Waals surface area contributed by atoms with Gasteiger partial charge in [0.2, 0.25) is 5.91 Å². The van der Waals surface area contributed by atoms with Crippen LogP contribution in [0.15, 0.2) is 45.9 Å². The molecule has 0 aliphatic carbocycles. The Labute approximate surface area is 207 Å². The fourth-order valence-electron chi connectivity index (χ4n) is 5.19. The van der Waals surface area contributed by atoms with Crippen molar-refractivity contribution in [3.63, 3.8) is 0 Å². The zero-order valence-corrected chi connectivity index (χ0v) is 20.5. The molecule has 0 spiro atoms. The van der Waals surface area contributed by atoms with Crippen LogP contribution in [-0.4, -0.2) is 50.9 Å². The molecule has 5 heterocycles. The Morgan fingerprint density at radius 1 is 1.26 bits per heavy atom. The minimum atomic E-state index is -1.20. The minimum Gasteiger partial charge on any atom is -0.361 e. The quantitative estimate of drug-likeness (QED) is 0.529. The summed E-state index contributed by atoms with van der Waals surface area (Å²) < 4.78 is 5.19. The van der Waals surface area contributed by atoms with Crippen molar-refractivity contribution in [1.82, 2.24) is 25.3 Å². The number of hydrogen-bond acceptors (Lipinski definition) is 7. The summed E-state index contributed by atoms with van der Waals surface area (Å²) >= 11 is 1.53. The van der Waals surface area contributed by atoms with Gasteiger partial charge in [-0.2, -0.15) is 11.3 Å². The van der Waals surface area contributed by atoms with Gasteiger partial charge in [0.05, 0.1) is 18.7 Å². The number of carbonyl (C=O) groups excluding carboxylic acids is 3. The first-order valence-corrected chi connectivity index (χ1v) is 12.6. The van der Waals surface area contributed by atoms with E-state index in [4.69, 9.17) is 4.52 Å². The van der Waals surface area contributed by atoms with Gasteiger partial charge in [-0.15, -0.1) is 0 Å². The maximum atomic E-state index is 13.9. The van der Waals surface area contributed by atoms with Crippen LogP contribution in [0, 0.1) is 19.8 Å². The Kier molecular flexibility index (Phi) is 6.14. The van der Waals surface area contributed by atoms with E-state index >= 15 is 0 Å². The number of urea groups is 1. The molecule has 0 bridgehead atoms. The summed E-state index contributed by atoms with van der Waals surface area (Å²) in [5, 5.41) is 10.8. The summed E-state index contributed by atoms with van der Waals surface area (Å²) in [6.45, 7) is 4.87. The molecule has 3 aromatic rings. The highest BCUT2D eigenvalue weighted by atomic mass is 32.1. The van der Waals surface area contributed by atoms with Crippen LogP contribution in [0.1, 0.15) is 41.0 Å². The maximum Gasteiger partial charge on any atom is 0.325 e. The van der Waals surface area contributed by atoms with Gasteiger partial charge >= 0.3 is 6.03 Å². The van der Waals surface area contributed by atoms with Crippen LogP contribution in [0.3, 0.4) is 0 Å². The van der Waals surface area contributed by atoms with Gasteiger partial charge in [0.1, 0.15) is 5.76 Å². The van der Waals surface area contributed by atoms with E-state index in [1.165, 1.54) is 16.2 Å². The molecule has 35 heavy (non-hydrogen) atoms. The number of amides is 4. The molecule has 5 rings (SSSR count). The second-order valence-corrected chi connectivity index (χ2v) is 9.92. The molecule has 2 aliphatic rings. The van der Waals surface area contributed by atoms with Crippen molar-refractivity contribution in [2.45, 2.75) is 45.2 Å². The van der Waals surface area contributed by atoms with Crippen LogP contribution in [-0.2, 0) is 28.1 Å². The summed E-state index contributed by atoms with van der Waals surface area (Å²) in [7, 11) is 0. The first kappa shape index (κ1) is 23.2. The summed E-state index contributed by atoms with van der Waals surface area (Å²) in [6, 6.07) is 5.13. The van der Waals surface area contributed by atoms with Gasteiger partial charge in [-0.3, -0.25) is 19.5 Å². The zero-order chi connectivity index (χ0) is 24.6. The third-order valence-corrected chi connectivity index (χ3v) is 7.87. The van der Waals surface area contributed by atoms with Crippen LogP contribution >= 0.6 is 11.3 Å². The fraction of sp³-hybridized carbons (Fsp3) is 0.400. The summed E-state index contributed by atoms with van der Waals surface area (Å²) in [6.07, 6.45) is 4.71. The number of carbonyl (C=O) groups is 3. The molecule has 0 aromatic carbocycles. The second-order valence-electron chi connectivity index (χ2n) is 9.14. The van der Waals surface area contributed by atoms with Gasteiger partial charge in [0, 0.05) is 36.6 Å². The number of thiophene rings is 1. The standard InChI is InChI=1S/C25H27N5O4S/c1-16-21(17(2)34-28-16)12-22(31)29-9-5-19(6-10-29)25(20-4-3-8-26-13-20)23(32)30(24(33)27-25)14-18-7-11-35-15-18/h3-4,7-8,11,13,15,19H,5-6,9-10,12,14H2,1-2H3,(H,27,33). The molecular formula is C25H27N5O4S. The van der Waals surface area contributed by atoms with E-state index in [-0.39, 0.29) is 30.7 Å². The largest absolute Gasteiger partial charge is 0.361 e. The summed E-state index contributed by atoms with van der Waals surface area (Å²) in [5.74, 6) is 0.237. The van der Waals surface area contributed by atoms with Gasteiger partial charge in [-0.05, 0) is 61.1 Å². The molecule has 4 amide bonds. The predicted octanol–water partition coefficient (Wildman–Crippen LogP) is 3.18. The Morgan fingerprint density at radius 3 is 2.69 bits per heavy atom. The summed E-state index contributed by atoms with van der Waals surface area (Å²) in [5.41, 5.74) is 1.95. The van der Waals surface area contributed by atoms with Crippen LogP contribution in [0.2, 0.25) is 0 Å². The molecule has 2 saturated heterocycles. The van der Waals surface area contributed by atoms with E-state index < -0.39 is 11.6 Å². The molecule has 0 radical (unpaired) electrons. The third-order valence-electron chi connectivity index (χ3n) is 7.14. The maximum absolute atomic E-state index is 13.9. The van der Waals surface area contributed by atoms with Crippen molar-refractivity contribution >= 4 is 29.2 Å². The Hall–Kier alpha value is -3.53. The first-order chi connectivity index (χ1) is 16.9. The Morgan fingerprint density at radius 2 is 2.06 bits per heavy atom. The van der Waals surface area contributed by atoms with Crippen LogP contribution in [0.4, 0.5) is 4.79 Å². The third kappa shape index (κ3) is 4.12. The van der Waals surface area contributed by atoms with Crippen molar-refractivity contribution < 1.29 is 18.9 Å². The van der Waals surface area contributed by atoms with E-state index in [2.05, 4.69) is 15.5 Å². The normalized spacial score (nSPS) is 21.0. The van der Waals surface area contributed by atoms with Crippen LogP contribution in [0.25, 0.3) is 0 Å². The molecule has 9 nitrogen and oxygen atoms in total. The van der Waals surface area contributed by atoms with Crippen molar-refractivity contribution in [3.8, 4) is 0 Å². The topological polar surface area (TPSA) is 109 Å². The smallest absolute Gasteiger partial charge is 0.325 e. The molecule has 1 N–H and O–H groups in total. The molecule has 2 aliphatic heterocycles. The number of nitrogens with zero attached hydrogens (tertiary/aromatic N) is 4. The Balaban J connectivity index is 1.36. The predicted molar refractivity (Wildman–Crippen MR) is 128 cm³/mol. The average molecular weight is 494 g/mol. The second kappa shape index (κ2) is 9.26. The lowest BCUT2D eigenvalue weighted by Crippen LogP contribution is -2.54. The zero-order valence-electron chi connectivity index (χ0n) is 19.7. The van der Waals surface area contributed by atoms with Gasteiger partial charge in [0.15, 0.2) is 5.54 Å². The van der Waals surface area contributed by atoms with Gasteiger partial charge < -0.3 is 14.7 Å². The van der Waals surface area contributed by atoms with Gasteiger partial charge in [-0.1, -0.05) is 11.2 Å². The fourth-order valence-corrected chi connectivity index (χ4v) is 5.85. The molecule has 3 aromatic heterocycles. The number of piperidine rings is 1.